The Balaban J connectivity index is 1.61. The third-order valence-corrected chi connectivity index (χ3v) is 4.80. The van der Waals surface area contributed by atoms with Crippen LogP contribution in [0, 0.1) is 6.92 Å². The van der Waals surface area contributed by atoms with E-state index in [-0.39, 0.29) is 22.9 Å². The minimum absolute atomic E-state index is 0.00317. The topological polar surface area (TPSA) is 117 Å². The average Bonchev–Trinajstić information content (AvgIpc) is 3.01. The zero-order valence-corrected chi connectivity index (χ0v) is 16.8. The molecule has 0 spiro atoms. The Morgan fingerprint density at radius 3 is 2.67 bits per heavy atom. The van der Waals surface area contributed by atoms with Gasteiger partial charge in [-0.15, -0.1) is 0 Å². The fraction of sp³-hybridized carbons (Fsp3) is 0.316. The van der Waals surface area contributed by atoms with E-state index in [1.54, 1.807) is 0 Å². The molecule has 9 nitrogen and oxygen atoms in total. The Bertz CT molecular complexity index is 1310. The smallest absolute Gasteiger partial charge is 0.433 e. The molecule has 0 bridgehead atoms. The molecular weight excluding hydrogens is 455 g/mol. The molecule has 3 aromatic heterocycles. The molecule has 0 aromatic carbocycles. The second-order valence-electron chi connectivity index (χ2n) is 7.27. The van der Waals surface area contributed by atoms with Gasteiger partial charge < -0.3 is 14.6 Å². The number of aromatic amines is 2. The zero-order chi connectivity index (χ0) is 24.0. The molecule has 1 fully saturated rings. The Morgan fingerprint density at radius 1 is 1.21 bits per heavy atom. The van der Waals surface area contributed by atoms with Crippen LogP contribution in [0.15, 0.2) is 40.2 Å². The number of aromatic nitrogens is 5. The minimum atomic E-state index is -4.75. The molecule has 1 aliphatic rings. The van der Waals surface area contributed by atoms with Gasteiger partial charge in [-0.1, -0.05) is 0 Å². The van der Waals surface area contributed by atoms with Crippen molar-refractivity contribution < 1.29 is 26.7 Å². The van der Waals surface area contributed by atoms with Crippen LogP contribution >= 0.6 is 0 Å². The number of nitrogens with one attached hydrogen (secondary N) is 2. The number of rotatable bonds is 4. The third-order valence-electron chi connectivity index (χ3n) is 4.80. The van der Waals surface area contributed by atoms with E-state index in [1.165, 1.54) is 17.9 Å². The monoisotopic (exact) mass is 470 g/mol. The number of aryl methyl sites for hydroxylation is 1. The first-order chi connectivity index (χ1) is 15.4. The zero-order valence-electron chi connectivity index (χ0n) is 16.8. The molecule has 33 heavy (non-hydrogen) atoms. The molecule has 0 saturated carbocycles. The van der Waals surface area contributed by atoms with E-state index in [1.807, 2.05) is 4.98 Å². The van der Waals surface area contributed by atoms with E-state index in [9.17, 15) is 31.5 Å². The van der Waals surface area contributed by atoms with E-state index in [0.717, 1.165) is 18.5 Å². The van der Waals surface area contributed by atoms with Crippen molar-refractivity contribution in [3.63, 3.8) is 0 Å². The fourth-order valence-electron chi connectivity index (χ4n) is 3.31. The molecule has 4 heterocycles. The summed E-state index contributed by atoms with van der Waals surface area (Å²) in [4.78, 5) is 40.2. The van der Waals surface area contributed by atoms with E-state index in [2.05, 4.69) is 19.9 Å². The van der Waals surface area contributed by atoms with Crippen LogP contribution < -0.4 is 20.9 Å². The van der Waals surface area contributed by atoms with Crippen molar-refractivity contribution in [2.75, 3.05) is 18.0 Å². The van der Waals surface area contributed by atoms with Gasteiger partial charge in [-0.3, -0.25) is 14.8 Å². The average molecular weight is 470 g/mol. The first kappa shape index (κ1) is 22.4. The van der Waals surface area contributed by atoms with Crippen LogP contribution in [-0.2, 0) is 6.18 Å². The Kier molecular flexibility index (Phi) is 5.38. The summed E-state index contributed by atoms with van der Waals surface area (Å²) >= 11 is 0. The van der Waals surface area contributed by atoms with Gasteiger partial charge in [-0.05, 0) is 13.0 Å². The molecule has 1 unspecified atom stereocenters. The summed E-state index contributed by atoms with van der Waals surface area (Å²) in [6, 6.07) is 2.90. The molecule has 3 aromatic rings. The summed E-state index contributed by atoms with van der Waals surface area (Å²) in [5.41, 5.74) is -2.63. The molecule has 0 radical (unpaired) electrons. The van der Waals surface area contributed by atoms with Crippen molar-refractivity contribution >= 4 is 5.82 Å². The second-order valence-corrected chi connectivity index (χ2v) is 7.27. The van der Waals surface area contributed by atoms with Crippen LogP contribution in [0.5, 0.6) is 5.75 Å². The molecular formula is C19H15F5N6O3. The maximum absolute atomic E-state index is 14.7. The SMILES string of the molecule is Cc1nc(-c2c[nH]c(=O)[nH]c2=O)cc(N2CC(Oc3ccnc(C(F)(F)F)c3)C(F)(F)C2)n1. The fourth-order valence-corrected chi connectivity index (χ4v) is 3.31. The summed E-state index contributed by atoms with van der Waals surface area (Å²) in [7, 11) is 0. The van der Waals surface area contributed by atoms with E-state index < -0.39 is 54.0 Å². The molecule has 14 heteroatoms. The van der Waals surface area contributed by atoms with Crippen LogP contribution in [0.3, 0.4) is 0 Å². The number of anilines is 1. The highest BCUT2D eigenvalue weighted by Gasteiger charge is 2.50. The van der Waals surface area contributed by atoms with Gasteiger partial charge in [0, 0.05) is 24.5 Å². The molecule has 1 aliphatic heterocycles. The molecule has 174 valence electrons. The highest BCUT2D eigenvalue weighted by Crippen LogP contribution is 2.35. The van der Waals surface area contributed by atoms with Crippen LogP contribution in [-0.4, -0.2) is 50.0 Å². The van der Waals surface area contributed by atoms with Crippen molar-refractivity contribution in [3.8, 4) is 17.0 Å². The highest BCUT2D eigenvalue weighted by atomic mass is 19.4. The number of ether oxygens (including phenoxy) is 1. The van der Waals surface area contributed by atoms with E-state index >= 15 is 0 Å². The predicted octanol–water partition coefficient (Wildman–Crippen LogP) is 2.15. The Morgan fingerprint density at radius 2 is 1.97 bits per heavy atom. The summed E-state index contributed by atoms with van der Waals surface area (Å²) in [6.07, 6.45) is -4.56. The first-order valence-corrected chi connectivity index (χ1v) is 9.43. The van der Waals surface area contributed by atoms with Crippen molar-refractivity contribution in [1.82, 2.24) is 24.9 Å². The first-order valence-electron chi connectivity index (χ1n) is 9.43. The van der Waals surface area contributed by atoms with Gasteiger partial charge in [-0.25, -0.2) is 23.5 Å². The van der Waals surface area contributed by atoms with Crippen molar-refractivity contribution in [1.29, 1.82) is 0 Å². The normalized spacial score (nSPS) is 17.9. The van der Waals surface area contributed by atoms with Gasteiger partial charge in [0.15, 0.2) is 6.10 Å². The number of hydrogen-bond acceptors (Lipinski definition) is 7. The number of pyridine rings is 1. The number of halogens is 5. The number of nitrogens with zero attached hydrogens (tertiary/aromatic N) is 4. The number of alkyl halides is 5. The van der Waals surface area contributed by atoms with Crippen molar-refractivity contribution in [2.45, 2.75) is 25.1 Å². The second kappa shape index (κ2) is 7.94. The lowest BCUT2D eigenvalue weighted by Gasteiger charge is -2.19. The largest absolute Gasteiger partial charge is 0.482 e. The lowest BCUT2D eigenvalue weighted by Crippen LogP contribution is -2.36. The Labute approximate surface area is 181 Å². The quantitative estimate of drug-likeness (QED) is 0.562. The standard InChI is InChI=1S/C19H15F5N6O3/c1-9-27-12(11-6-26-17(32)29-16(11)31)5-15(28-9)30-7-14(18(20,21)8-30)33-10-2-3-25-13(4-10)19(22,23)24/h2-6,14H,7-8H2,1H3,(H2,26,29,31,32). The molecule has 1 atom stereocenters. The molecule has 2 N–H and O–H groups in total. The summed E-state index contributed by atoms with van der Waals surface area (Å²) in [5.74, 6) is -3.59. The maximum Gasteiger partial charge on any atom is 0.433 e. The van der Waals surface area contributed by atoms with Crippen LogP contribution in [0.25, 0.3) is 11.3 Å². The molecule has 0 amide bonds. The van der Waals surface area contributed by atoms with Gasteiger partial charge >= 0.3 is 17.8 Å². The third kappa shape index (κ3) is 4.68. The summed E-state index contributed by atoms with van der Waals surface area (Å²) in [6.45, 7) is 0.270. The predicted molar refractivity (Wildman–Crippen MR) is 104 cm³/mol. The van der Waals surface area contributed by atoms with Gasteiger partial charge in [-0.2, -0.15) is 13.2 Å². The van der Waals surface area contributed by atoms with E-state index in [0.29, 0.717) is 6.07 Å². The highest BCUT2D eigenvalue weighted by molar-refractivity contribution is 5.61. The summed E-state index contributed by atoms with van der Waals surface area (Å²) < 4.78 is 73.0. The Hall–Kier alpha value is -3.84. The molecule has 1 saturated heterocycles. The van der Waals surface area contributed by atoms with Crippen molar-refractivity contribution in [2.24, 2.45) is 0 Å². The van der Waals surface area contributed by atoms with Gasteiger partial charge in [0.05, 0.1) is 24.3 Å². The van der Waals surface area contributed by atoms with Crippen molar-refractivity contribution in [3.05, 3.63) is 62.9 Å². The number of hydrogen-bond donors (Lipinski definition) is 2. The lowest BCUT2D eigenvalue weighted by atomic mass is 10.2. The van der Waals surface area contributed by atoms with Crippen LogP contribution in [0.1, 0.15) is 11.5 Å². The van der Waals surface area contributed by atoms with Crippen LogP contribution in [0.4, 0.5) is 27.8 Å². The minimum Gasteiger partial charge on any atom is -0.482 e. The van der Waals surface area contributed by atoms with Gasteiger partial charge in [0.25, 0.3) is 5.56 Å². The lowest BCUT2D eigenvalue weighted by molar-refractivity contribution is -0.141. The molecule has 4 rings (SSSR count). The summed E-state index contributed by atoms with van der Waals surface area (Å²) in [5, 5.41) is 0. The molecule has 0 aliphatic carbocycles. The van der Waals surface area contributed by atoms with Gasteiger partial charge in [0.2, 0.25) is 0 Å². The van der Waals surface area contributed by atoms with Crippen LogP contribution in [0.2, 0.25) is 0 Å². The van der Waals surface area contributed by atoms with Gasteiger partial charge in [0.1, 0.15) is 23.1 Å². The maximum atomic E-state index is 14.7. The van der Waals surface area contributed by atoms with E-state index in [4.69, 9.17) is 4.74 Å². The number of H-pyrrole nitrogens is 2.